The zero-order valence-electron chi connectivity index (χ0n) is 12.2. The highest BCUT2D eigenvalue weighted by atomic mass is 16.4. The number of amidine groups is 1. The van der Waals surface area contributed by atoms with Gasteiger partial charge in [-0.2, -0.15) is 0 Å². The van der Waals surface area contributed by atoms with Gasteiger partial charge in [0.05, 0.1) is 0 Å². The van der Waals surface area contributed by atoms with Crippen molar-refractivity contribution in [2.75, 3.05) is 6.54 Å². The lowest BCUT2D eigenvalue weighted by Crippen LogP contribution is -2.34. The molecule has 1 atom stereocenters. The van der Waals surface area contributed by atoms with E-state index in [1.807, 2.05) is 6.07 Å². The lowest BCUT2D eigenvalue weighted by atomic mass is 9.83. The number of nitrogens with zero attached hydrogens (tertiary/aromatic N) is 1. The Morgan fingerprint density at radius 3 is 2.86 bits per heavy atom. The lowest BCUT2D eigenvalue weighted by Gasteiger charge is -2.23. The van der Waals surface area contributed by atoms with Gasteiger partial charge in [-0.1, -0.05) is 29.4 Å². The number of oxime groups is 1. The van der Waals surface area contributed by atoms with Crippen LogP contribution in [0.2, 0.25) is 0 Å². The van der Waals surface area contributed by atoms with E-state index in [0.29, 0.717) is 13.0 Å². The standard InChI is InChI=1S/C16H23N3O2/c17-15(19-21)7-3-4-10-18-16(20)14-9-8-12-5-1-2-6-13(12)11-14/h1-2,5-6,14,21H,3-4,7-11H2,(H2,17,19)(H,18,20). The van der Waals surface area contributed by atoms with E-state index in [0.717, 1.165) is 32.1 Å². The number of unbranched alkanes of at least 4 members (excludes halogenated alkanes) is 1. The highest BCUT2D eigenvalue weighted by Crippen LogP contribution is 2.25. The number of aryl methyl sites for hydroxylation is 1. The van der Waals surface area contributed by atoms with Gasteiger partial charge in [0.25, 0.3) is 0 Å². The molecule has 2 rings (SSSR count). The van der Waals surface area contributed by atoms with Crippen LogP contribution in [-0.2, 0) is 17.6 Å². The number of nitrogens with two attached hydrogens (primary N) is 1. The van der Waals surface area contributed by atoms with Gasteiger partial charge in [0, 0.05) is 18.9 Å². The van der Waals surface area contributed by atoms with Crippen LogP contribution in [0.4, 0.5) is 0 Å². The molecule has 21 heavy (non-hydrogen) atoms. The van der Waals surface area contributed by atoms with Crippen LogP contribution in [0.5, 0.6) is 0 Å². The maximum Gasteiger partial charge on any atom is 0.223 e. The minimum absolute atomic E-state index is 0.0870. The zero-order chi connectivity index (χ0) is 15.1. The number of rotatable bonds is 6. The summed E-state index contributed by atoms with van der Waals surface area (Å²) < 4.78 is 0. The number of carbonyl (C=O) groups excluding carboxylic acids is 1. The van der Waals surface area contributed by atoms with Crippen molar-refractivity contribution >= 4 is 11.7 Å². The Labute approximate surface area is 125 Å². The molecular formula is C16H23N3O2. The third-order valence-electron chi connectivity index (χ3n) is 4.00. The second-order valence-electron chi connectivity index (χ2n) is 5.55. The molecule has 114 valence electrons. The third-order valence-corrected chi connectivity index (χ3v) is 4.00. The number of fused-ring (bicyclic) bond motifs is 1. The summed E-state index contributed by atoms with van der Waals surface area (Å²) in [5, 5.41) is 14.3. The fraction of sp³-hybridized carbons (Fsp3) is 0.500. The van der Waals surface area contributed by atoms with Crippen LogP contribution in [0.3, 0.4) is 0 Å². The topological polar surface area (TPSA) is 87.7 Å². The summed E-state index contributed by atoms with van der Waals surface area (Å²) >= 11 is 0. The fourth-order valence-electron chi connectivity index (χ4n) is 2.76. The molecule has 0 fully saturated rings. The molecular weight excluding hydrogens is 266 g/mol. The van der Waals surface area contributed by atoms with E-state index in [1.54, 1.807) is 0 Å². The maximum atomic E-state index is 12.2. The van der Waals surface area contributed by atoms with Gasteiger partial charge in [-0.25, -0.2) is 0 Å². The Morgan fingerprint density at radius 1 is 1.33 bits per heavy atom. The fourth-order valence-corrected chi connectivity index (χ4v) is 2.76. The largest absolute Gasteiger partial charge is 0.409 e. The van der Waals surface area contributed by atoms with Gasteiger partial charge >= 0.3 is 0 Å². The second kappa shape index (κ2) is 7.67. The molecule has 0 heterocycles. The molecule has 0 bridgehead atoms. The highest BCUT2D eigenvalue weighted by Gasteiger charge is 2.23. The Kier molecular flexibility index (Phi) is 5.60. The number of hydrogen-bond donors (Lipinski definition) is 3. The first kappa shape index (κ1) is 15.4. The van der Waals surface area contributed by atoms with Gasteiger partial charge in [-0.15, -0.1) is 0 Å². The summed E-state index contributed by atoms with van der Waals surface area (Å²) in [6, 6.07) is 8.36. The average Bonchev–Trinajstić information content (AvgIpc) is 2.53. The van der Waals surface area contributed by atoms with Gasteiger partial charge in [-0.05, 0) is 43.2 Å². The van der Waals surface area contributed by atoms with Crippen molar-refractivity contribution in [1.29, 1.82) is 0 Å². The zero-order valence-corrected chi connectivity index (χ0v) is 12.2. The molecule has 1 aromatic rings. The van der Waals surface area contributed by atoms with Crippen molar-refractivity contribution in [2.45, 2.75) is 38.5 Å². The molecule has 5 nitrogen and oxygen atoms in total. The molecule has 1 aliphatic rings. The van der Waals surface area contributed by atoms with Gasteiger partial charge in [-0.3, -0.25) is 4.79 Å². The van der Waals surface area contributed by atoms with Gasteiger partial charge in [0.1, 0.15) is 5.84 Å². The van der Waals surface area contributed by atoms with E-state index in [2.05, 4.69) is 28.7 Å². The highest BCUT2D eigenvalue weighted by molar-refractivity contribution is 5.80. The van der Waals surface area contributed by atoms with Crippen LogP contribution in [0, 0.1) is 5.92 Å². The van der Waals surface area contributed by atoms with Crippen LogP contribution in [0.25, 0.3) is 0 Å². The van der Waals surface area contributed by atoms with Crippen LogP contribution < -0.4 is 11.1 Å². The molecule has 0 aromatic heterocycles. The lowest BCUT2D eigenvalue weighted by molar-refractivity contribution is -0.125. The van der Waals surface area contributed by atoms with Crippen molar-refractivity contribution < 1.29 is 10.0 Å². The first-order valence-electron chi connectivity index (χ1n) is 7.51. The summed E-state index contributed by atoms with van der Waals surface area (Å²) in [7, 11) is 0. The molecule has 1 aromatic carbocycles. The maximum absolute atomic E-state index is 12.2. The Morgan fingerprint density at radius 2 is 2.10 bits per heavy atom. The van der Waals surface area contributed by atoms with E-state index in [9.17, 15) is 4.79 Å². The molecule has 4 N–H and O–H groups in total. The SMILES string of the molecule is N/C(CCCCNC(=O)C1CCc2ccccc2C1)=N/O. The number of benzene rings is 1. The number of hydrogen-bond acceptors (Lipinski definition) is 3. The molecule has 1 amide bonds. The molecule has 0 spiro atoms. The Hall–Kier alpha value is -2.04. The molecule has 1 aliphatic carbocycles. The quantitative estimate of drug-likeness (QED) is 0.245. The number of nitrogens with one attached hydrogen (secondary N) is 1. The number of amides is 1. The molecule has 0 saturated heterocycles. The van der Waals surface area contributed by atoms with E-state index in [-0.39, 0.29) is 17.7 Å². The van der Waals surface area contributed by atoms with E-state index in [1.165, 1.54) is 11.1 Å². The van der Waals surface area contributed by atoms with Crippen molar-refractivity contribution in [3.05, 3.63) is 35.4 Å². The molecule has 0 aliphatic heterocycles. The van der Waals surface area contributed by atoms with Crippen LogP contribution in [0.1, 0.15) is 36.8 Å². The predicted octanol–water partition coefficient (Wildman–Crippen LogP) is 1.82. The number of carbonyl (C=O) groups is 1. The second-order valence-corrected chi connectivity index (χ2v) is 5.55. The minimum atomic E-state index is 0.0870. The molecule has 0 saturated carbocycles. The summed E-state index contributed by atoms with van der Waals surface area (Å²) in [4.78, 5) is 12.2. The first-order valence-corrected chi connectivity index (χ1v) is 7.51. The van der Waals surface area contributed by atoms with E-state index < -0.39 is 0 Å². The van der Waals surface area contributed by atoms with Crippen LogP contribution >= 0.6 is 0 Å². The Bertz CT molecular complexity index is 514. The van der Waals surface area contributed by atoms with Gasteiger partial charge in [0.15, 0.2) is 0 Å². The average molecular weight is 289 g/mol. The van der Waals surface area contributed by atoms with Crippen LogP contribution in [-0.4, -0.2) is 23.5 Å². The molecule has 1 unspecified atom stereocenters. The summed E-state index contributed by atoms with van der Waals surface area (Å²) in [6.45, 7) is 0.649. The summed E-state index contributed by atoms with van der Waals surface area (Å²) in [6.07, 6.45) is 4.95. The third kappa shape index (κ3) is 4.48. The first-order chi connectivity index (χ1) is 10.2. The summed E-state index contributed by atoms with van der Waals surface area (Å²) in [5.41, 5.74) is 8.07. The summed E-state index contributed by atoms with van der Waals surface area (Å²) in [5.74, 6) is 0.475. The van der Waals surface area contributed by atoms with Crippen molar-refractivity contribution in [2.24, 2.45) is 16.8 Å². The van der Waals surface area contributed by atoms with Crippen molar-refractivity contribution in [1.82, 2.24) is 5.32 Å². The van der Waals surface area contributed by atoms with E-state index >= 15 is 0 Å². The molecule has 0 radical (unpaired) electrons. The normalized spacial score (nSPS) is 18.1. The minimum Gasteiger partial charge on any atom is -0.409 e. The molecule has 5 heteroatoms. The van der Waals surface area contributed by atoms with Gasteiger partial charge < -0.3 is 16.3 Å². The van der Waals surface area contributed by atoms with Crippen molar-refractivity contribution in [3.8, 4) is 0 Å². The van der Waals surface area contributed by atoms with Crippen LogP contribution in [0.15, 0.2) is 29.4 Å². The Balaban J connectivity index is 1.70. The monoisotopic (exact) mass is 289 g/mol. The van der Waals surface area contributed by atoms with E-state index in [4.69, 9.17) is 10.9 Å². The predicted molar refractivity (Wildman–Crippen MR) is 82.2 cm³/mol. The van der Waals surface area contributed by atoms with Gasteiger partial charge in [0.2, 0.25) is 5.91 Å². The smallest absolute Gasteiger partial charge is 0.223 e. The van der Waals surface area contributed by atoms with Crippen molar-refractivity contribution in [3.63, 3.8) is 0 Å².